The monoisotopic (exact) mass is 397 g/mol. The summed E-state index contributed by atoms with van der Waals surface area (Å²) in [6.45, 7) is 0.807. The lowest BCUT2D eigenvalue weighted by Gasteiger charge is -2.12. The fraction of sp³-hybridized carbons (Fsp3) is 0.0870. The highest BCUT2D eigenvalue weighted by atomic mass is 16.7. The molecule has 30 heavy (non-hydrogen) atoms. The van der Waals surface area contributed by atoms with Crippen LogP contribution in [0.1, 0.15) is 5.69 Å². The number of hydrogen-bond donors (Lipinski definition) is 2. The molecule has 0 amide bonds. The summed E-state index contributed by atoms with van der Waals surface area (Å²) in [6.07, 6.45) is 1.78. The van der Waals surface area contributed by atoms with Crippen molar-refractivity contribution in [1.82, 2.24) is 15.0 Å². The van der Waals surface area contributed by atoms with E-state index in [2.05, 4.69) is 20.6 Å². The summed E-state index contributed by atoms with van der Waals surface area (Å²) in [5.41, 5.74) is 2.73. The Morgan fingerprint density at radius 3 is 2.50 bits per heavy atom. The molecule has 0 bridgehead atoms. The second-order valence-electron chi connectivity index (χ2n) is 6.70. The summed E-state index contributed by atoms with van der Waals surface area (Å²) < 4.78 is 10.8. The quantitative estimate of drug-likeness (QED) is 0.491. The lowest BCUT2D eigenvalue weighted by molar-refractivity contribution is 0.174. The van der Waals surface area contributed by atoms with Gasteiger partial charge in [0, 0.05) is 29.6 Å². The van der Waals surface area contributed by atoms with Crippen LogP contribution in [0.5, 0.6) is 11.5 Å². The Morgan fingerprint density at radius 2 is 1.63 bits per heavy atom. The van der Waals surface area contributed by atoms with Crippen LogP contribution in [0.4, 0.5) is 17.3 Å². The molecule has 7 heteroatoms. The van der Waals surface area contributed by atoms with Crippen LogP contribution in [-0.4, -0.2) is 21.7 Å². The molecule has 0 saturated heterocycles. The average Bonchev–Trinajstić information content (AvgIpc) is 3.27. The predicted molar refractivity (Wildman–Crippen MR) is 115 cm³/mol. The first-order chi connectivity index (χ1) is 14.8. The van der Waals surface area contributed by atoms with Gasteiger partial charge in [0.25, 0.3) is 0 Å². The third-order valence-electron chi connectivity index (χ3n) is 4.58. The second-order valence-corrected chi connectivity index (χ2v) is 6.70. The molecule has 0 fully saturated rings. The van der Waals surface area contributed by atoms with Crippen molar-refractivity contribution in [3.8, 4) is 22.9 Å². The van der Waals surface area contributed by atoms with Crippen LogP contribution in [0.25, 0.3) is 11.4 Å². The van der Waals surface area contributed by atoms with E-state index < -0.39 is 0 Å². The van der Waals surface area contributed by atoms with E-state index in [4.69, 9.17) is 14.5 Å². The third kappa shape index (κ3) is 4.00. The van der Waals surface area contributed by atoms with Gasteiger partial charge in [-0.05, 0) is 24.3 Å². The molecule has 3 heterocycles. The molecule has 1 aliphatic rings. The van der Waals surface area contributed by atoms with Gasteiger partial charge in [0.2, 0.25) is 6.79 Å². The average molecular weight is 397 g/mol. The van der Waals surface area contributed by atoms with Crippen LogP contribution in [0, 0.1) is 0 Å². The maximum atomic E-state index is 5.47. The Balaban J connectivity index is 1.44. The first kappa shape index (κ1) is 17.9. The molecule has 0 atom stereocenters. The van der Waals surface area contributed by atoms with Crippen molar-refractivity contribution >= 4 is 17.3 Å². The molecular formula is C23H19N5O2. The van der Waals surface area contributed by atoms with Gasteiger partial charge in [0.15, 0.2) is 17.3 Å². The van der Waals surface area contributed by atoms with Crippen molar-refractivity contribution in [3.63, 3.8) is 0 Å². The van der Waals surface area contributed by atoms with E-state index in [0.717, 1.165) is 22.7 Å². The first-order valence-corrected chi connectivity index (χ1v) is 9.58. The number of pyridine rings is 1. The van der Waals surface area contributed by atoms with Gasteiger partial charge in [-0.1, -0.05) is 36.4 Å². The van der Waals surface area contributed by atoms with E-state index in [1.54, 1.807) is 6.20 Å². The molecule has 0 saturated carbocycles. The van der Waals surface area contributed by atoms with Crippen LogP contribution in [0.3, 0.4) is 0 Å². The zero-order chi connectivity index (χ0) is 20.2. The Labute approximate surface area is 173 Å². The maximum Gasteiger partial charge on any atom is 0.231 e. The molecule has 0 spiro atoms. The molecule has 1 aliphatic heterocycles. The molecule has 0 aliphatic carbocycles. The van der Waals surface area contributed by atoms with Crippen LogP contribution >= 0.6 is 0 Å². The van der Waals surface area contributed by atoms with Crippen molar-refractivity contribution in [2.75, 3.05) is 17.4 Å². The molecule has 2 aromatic carbocycles. The molecule has 4 aromatic rings. The summed E-state index contributed by atoms with van der Waals surface area (Å²) in [5.74, 6) is 3.46. The number of nitrogens with one attached hydrogen (secondary N) is 2. The molecule has 0 unspecified atom stereocenters. The smallest absolute Gasteiger partial charge is 0.231 e. The fourth-order valence-corrected chi connectivity index (χ4v) is 3.12. The Hall–Kier alpha value is -4.13. The zero-order valence-corrected chi connectivity index (χ0v) is 16.1. The fourth-order valence-electron chi connectivity index (χ4n) is 3.12. The van der Waals surface area contributed by atoms with Gasteiger partial charge in [-0.25, -0.2) is 9.97 Å². The largest absolute Gasteiger partial charge is 0.454 e. The van der Waals surface area contributed by atoms with E-state index in [0.29, 0.717) is 29.8 Å². The highest BCUT2D eigenvalue weighted by Crippen LogP contribution is 2.35. The minimum Gasteiger partial charge on any atom is -0.454 e. The standard InChI is InChI=1S/C23H19N5O2/c1-2-6-16(7-3-1)23-27-21(25-14-18-8-4-5-11-24-18)13-22(28-23)26-17-9-10-19-20(12-17)30-15-29-19/h1-13H,14-15H2,(H2,25,26,27,28). The zero-order valence-electron chi connectivity index (χ0n) is 16.1. The maximum absolute atomic E-state index is 5.47. The van der Waals surface area contributed by atoms with Crippen molar-refractivity contribution in [2.45, 2.75) is 6.54 Å². The molecule has 5 rings (SSSR count). The topological polar surface area (TPSA) is 81.2 Å². The Morgan fingerprint density at radius 1 is 0.800 bits per heavy atom. The highest BCUT2D eigenvalue weighted by molar-refractivity contribution is 5.67. The molecule has 2 N–H and O–H groups in total. The number of benzene rings is 2. The molecular weight excluding hydrogens is 378 g/mol. The third-order valence-corrected chi connectivity index (χ3v) is 4.58. The molecule has 148 valence electrons. The first-order valence-electron chi connectivity index (χ1n) is 9.58. The summed E-state index contributed by atoms with van der Waals surface area (Å²) >= 11 is 0. The van der Waals surface area contributed by atoms with Crippen LogP contribution in [-0.2, 0) is 6.54 Å². The van der Waals surface area contributed by atoms with Crippen molar-refractivity contribution in [1.29, 1.82) is 0 Å². The normalized spacial score (nSPS) is 11.9. The number of ether oxygens (including phenoxy) is 2. The van der Waals surface area contributed by atoms with Crippen LogP contribution in [0.2, 0.25) is 0 Å². The van der Waals surface area contributed by atoms with Gasteiger partial charge in [-0.15, -0.1) is 0 Å². The van der Waals surface area contributed by atoms with Gasteiger partial charge in [0.1, 0.15) is 11.6 Å². The summed E-state index contributed by atoms with van der Waals surface area (Å²) in [7, 11) is 0. The minimum atomic E-state index is 0.242. The molecule has 7 nitrogen and oxygen atoms in total. The van der Waals surface area contributed by atoms with Crippen LogP contribution < -0.4 is 20.1 Å². The van der Waals surface area contributed by atoms with Gasteiger partial charge in [-0.3, -0.25) is 4.98 Å². The number of fused-ring (bicyclic) bond motifs is 1. The van der Waals surface area contributed by atoms with Crippen molar-refractivity contribution in [2.24, 2.45) is 0 Å². The van der Waals surface area contributed by atoms with E-state index in [-0.39, 0.29) is 6.79 Å². The van der Waals surface area contributed by atoms with Gasteiger partial charge in [0.05, 0.1) is 12.2 Å². The molecule has 0 radical (unpaired) electrons. The van der Waals surface area contributed by atoms with Crippen LogP contribution in [0.15, 0.2) is 79.0 Å². The minimum absolute atomic E-state index is 0.242. The van der Waals surface area contributed by atoms with Gasteiger partial charge >= 0.3 is 0 Å². The number of anilines is 3. The summed E-state index contributed by atoms with van der Waals surface area (Å²) in [5, 5.41) is 6.68. The number of hydrogen-bond acceptors (Lipinski definition) is 7. The molecule has 2 aromatic heterocycles. The lowest BCUT2D eigenvalue weighted by atomic mass is 10.2. The predicted octanol–water partition coefficient (Wildman–Crippen LogP) is 4.62. The van der Waals surface area contributed by atoms with E-state index in [1.165, 1.54) is 0 Å². The second kappa shape index (κ2) is 8.08. The summed E-state index contributed by atoms with van der Waals surface area (Å²) in [4.78, 5) is 13.7. The number of rotatable bonds is 6. The Kier molecular flexibility index (Phi) is 4.83. The highest BCUT2D eigenvalue weighted by Gasteiger charge is 2.14. The lowest BCUT2D eigenvalue weighted by Crippen LogP contribution is -2.06. The summed E-state index contributed by atoms with van der Waals surface area (Å²) in [6, 6.07) is 23.3. The Bertz CT molecular complexity index is 1150. The van der Waals surface area contributed by atoms with Crippen molar-refractivity contribution < 1.29 is 9.47 Å². The number of aromatic nitrogens is 3. The van der Waals surface area contributed by atoms with E-state index in [9.17, 15) is 0 Å². The van der Waals surface area contributed by atoms with Gasteiger partial charge in [-0.2, -0.15) is 0 Å². The van der Waals surface area contributed by atoms with E-state index in [1.807, 2.05) is 72.8 Å². The van der Waals surface area contributed by atoms with E-state index >= 15 is 0 Å². The van der Waals surface area contributed by atoms with Crippen molar-refractivity contribution in [3.05, 3.63) is 84.7 Å². The SMILES string of the molecule is c1ccc(-c2nc(NCc3ccccn3)cc(Nc3ccc4c(c3)OCO4)n2)cc1. The number of nitrogens with zero attached hydrogens (tertiary/aromatic N) is 3. The van der Waals surface area contributed by atoms with Gasteiger partial charge < -0.3 is 20.1 Å².